The number of carbonyl (C=O) groups is 1. The molecular weight excluding hydrogens is 307 g/mol. The van der Waals surface area contributed by atoms with Crippen molar-refractivity contribution in [3.8, 4) is 11.5 Å². The molecule has 0 aliphatic heterocycles. The first-order valence-electron chi connectivity index (χ1n) is 6.48. The van der Waals surface area contributed by atoms with Crippen molar-refractivity contribution in [1.29, 1.82) is 0 Å². The maximum atomic E-state index is 13.8. The first-order valence-corrected chi connectivity index (χ1v) is 6.48. The zero-order valence-electron chi connectivity index (χ0n) is 12.0. The molecule has 8 heteroatoms. The molecule has 120 valence electrons. The van der Waals surface area contributed by atoms with Crippen LogP contribution in [0, 0.1) is 15.9 Å². The molecular formula is C15H12FN2O5-. The Hall–Kier alpha value is -3.16. The van der Waals surface area contributed by atoms with E-state index in [0.717, 1.165) is 24.3 Å². The number of hydrogen-bond acceptors (Lipinski definition) is 5. The van der Waals surface area contributed by atoms with E-state index >= 15 is 0 Å². The fourth-order valence-corrected chi connectivity index (χ4v) is 1.90. The van der Waals surface area contributed by atoms with Gasteiger partial charge in [0.25, 0.3) is 11.6 Å². The zero-order valence-corrected chi connectivity index (χ0v) is 12.0. The number of benzene rings is 2. The normalized spacial score (nSPS) is 10.2. The molecule has 0 aliphatic carbocycles. The van der Waals surface area contributed by atoms with Crippen molar-refractivity contribution in [3.63, 3.8) is 0 Å². The van der Waals surface area contributed by atoms with E-state index < -0.39 is 22.4 Å². The molecule has 23 heavy (non-hydrogen) atoms. The van der Waals surface area contributed by atoms with Crippen LogP contribution in [0.4, 0.5) is 10.1 Å². The first-order chi connectivity index (χ1) is 10.9. The largest absolute Gasteiger partial charge is 0.872 e. The summed E-state index contributed by atoms with van der Waals surface area (Å²) < 4.78 is 18.6. The Morgan fingerprint density at radius 1 is 1.30 bits per heavy atom. The molecule has 0 saturated carbocycles. The molecule has 1 amide bonds. The number of halogens is 1. The standard InChI is InChI=1S/C15H13FN2O5/c1-23-11-3-4-12(13(16)7-11)15(20)17-8-9-6-10(18(21)22)2-5-14(9)19/h2-7,19H,8H2,1H3,(H,17,20)/p-1. The number of nitrogens with one attached hydrogen (secondary N) is 1. The summed E-state index contributed by atoms with van der Waals surface area (Å²) in [7, 11) is 1.37. The lowest BCUT2D eigenvalue weighted by molar-refractivity contribution is -0.385. The molecule has 0 atom stereocenters. The molecule has 0 aromatic heterocycles. The highest BCUT2D eigenvalue weighted by Gasteiger charge is 2.13. The van der Waals surface area contributed by atoms with E-state index in [1.54, 1.807) is 0 Å². The van der Waals surface area contributed by atoms with Gasteiger partial charge in [0.05, 0.1) is 17.6 Å². The predicted molar refractivity (Wildman–Crippen MR) is 76.7 cm³/mol. The van der Waals surface area contributed by atoms with Crippen LogP contribution in [0.25, 0.3) is 0 Å². The molecule has 0 saturated heterocycles. The van der Waals surface area contributed by atoms with Crippen LogP contribution in [0.1, 0.15) is 15.9 Å². The number of amides is 1. The zero-order chi connectivity index (χ0) is 17.0. The van der Waals surface area contributed by atoms with Gasteiger partial charge >= 0.3 is 0 Å². The minimum Gasteiger partial charge on any atom is -0.872 e. The van der Waals surface area contributed by atoms with Gasteiger partial charge in [0.1, 0.15) is 11.6 Å². The summed E-state index contributed by atoms with van der Waals surface area (Å²) in [6.45, 7) is -0.245. The van der Waals surface area contributed by atoms with E-state index in [1.165, 1.54) is 19.2 Å². The monoisotopic (exact) mass is 319 g/mol. The summed E-state index contributed by atoms with van der Waals surface area (Å²) in [5.41, 5.74) is -0.436. The second-order valence-corrected chi connectivity index (χ2v) is 4.58. The summed E-state index contributed by atoms with van der Waals surface area (Å²) >= 11 is 0. The van der Waals surface area contributed by atoms with E-state index in [-0.39, 0.29) is 29.1 Å². The molecule has 0 fully saturated rings. The van der Waals surface area contributed by atoms with Gasteiger partial charge in [-0.2, -0.15) is 0 Å². The van der Waals surface area contributed by atoms with Crippen LogP contribution in [0.5, 0.6) is 11.5 Å². The van der Waals surface area contributed by atoms with E-state index in [4.69, 9.17) is 4.74 Å². The average Bonchev–Trinajstić information content (AvgIpc) is 2.53. The second-order valence-electron chi connectivity index (χ2n) is 4.58. The lowest BCUT2D eigenvalue weighted by atomic mass is 10.1. The summed E-state index contributed by atoms with van der Waals surface area (Å²) in [6, 6.07) is 6.93. The van der Waals surface area contributed by atoms with Crippen LogP contribution in [-0.2, 0) is 6.54 Å². The molecule has 0 spiro atoms. The summed E-state index contributed by atoms with van der Waals surface area (Å²) in [5.74, 6) is -1.70. The van der Waals surface area contributed by atoms with Crippen LogP contribution in [0.3, 0.4) is 0 Å². The van der Waals surface area contributed by atoms with Crippen LogP contribution in [0.2, 0.25) is 0 Å². The summed E-state index contributed by atoms with van der Waals surface area (Å²) in [4.78, 5) is 22.0. The molecule has 2 aromatic carbocycles. The fraction of sp³-hybridized carbons (Fsp3) is 0.133. The van der Waals surface area contributed by atoms with Gasteiger partial charge in [-0.3, -0.25) is 14.9 Å². The number of non-ortho nitro benzene ring substituents is 1. The van der Waals surface area contributed by atoms with Crippen molar-refractivity contribution >= 4 is 11.6 Å². The Morgan fingerprint density at radius 2 is 2.04 bits per heavy atom. The molecule has 2 rings (SSSR count). The van der Waals surface area contributed by atoms with Crippen LogP contribution >= 0.6 is 0 Å². The van der Waals surface area contributed by atoms with Gasteiger partial charge in [-0.15, -0.1) is 5.75 Å². The molecule has 0 unspecified atom stereocenters. The molecule has 1 N–H and O–H groups in total. The average molecular weight is 319 g/mol. The van der Waals surface area contributed by atoms with Crippen LogP contribution in [-0.4, -0.2) is 17.9 Å². The highest BCUT2D eigenvalue weighted by Crippen LogP contribution is 2.21. The first kappa shape index (κ1) is 16.2. The van der Waals surface area contributed by atoms with Gasteiger partial charge in [0.15, 0.2) is 0 Å². The van der Waals surface area contributed by atoms with E-state index in [2.05, 4.69) is 5.32 Å². The van der Waals surface area contributed by atoms with Gasteiger partial charge in [0.2, 0.25) is 0 Å². The Labute approximate surface area is 130 Å². The third-order valence-electron chi connectivity index (χ3n) is 3.12. The summed E-state index contributed by atoms with van der Waals surface area (Å²) in [6.07, 6.45) is 0. The van der Waals surface area contributed by atoms with Gasteiger partial charge in [-0.1, -0.05) is 6.07 Å². The Balaban J connectivity index is 2.13. The predicted octanol–water partition coefficient (Wildman–Crippen LogP) is 1.75. The number of ether oxygens (including phenoxy) is 1. The maximum Gasteiger partial charge on any atom is 0.269 e. The number of nitro benzene ring substituents is 1. The van der Waals surface area contributed by atoms with Gasteiger partial charge in [0, 0.05) is 24.7 Å². The molecule has 7 nitrogen and oxygen atoms in total. The van der Waals surface area contributed by atoms with E-state index in [0.29, 0.717) is 0 Å². The summed E-state index contributed by atoms with van der Waals surface area (Å²) in [5, 5.41) is 24.7. The maximum absolute atomic E-state index is 13.8. The minimum absolute atomic E-state index is 0.0430. The smallest absolute Gasteiger partial charge is 0.269 e. The van der Waals surface area contributed by atoms with Gasteiger partial charge in [-0.25, -0.2) is 4.39 Å². The quantitative estimate of drug-likeness (QED) is 0.667. The SMILES string of the molecule is COc1ccc(C(=O)NCc2cc([N+](=O)[O-])ccc2[O-])c(F)c1. The molecule has 0 aliphatic rings. The number of nitrogens with zero attached hydrogens (tertiary/aromatic N) is 1. The topological polar surface area (TPSA) is 105 Å². The van der Waals surface area contributed by atoms with E-state index in [9.17, 15) is 24.4 Å². The van der Waals surface area contributed by atoms with Crippen molar-refractivity contribution in [2.24, 2.45) is 0 Å². The number of methoxy groups -OCH3 is 1. The Kier molecular flexibility index (Phi) is 4.75. The fourth-order valence-electron chi connectivity index (χ4n) is 1.90. The van der Waals surface area contributed by atoms with Crippen molar-refractivity contribution in [2.45, 2.75) is 6.54 Å². The number of carbonyl (C=O) groups excluding carboxylic acids is 1. The molecule has 2 aromatic rings. The van der Waals surface area contributed by atoms with Crippen molar-refractivity contribution in [2.75, 3.05) is 7.11 Å². The molecule has 0 heterocycles. The minimum atomic E-state index is -0.775. The lowest BCUT2D eigenvalue weighted by Gasteiger charge is -2.14. The Bertz CT molecular complexity index is 764. The highest BCUT2D eigenvalue weighted by atomic mass is 19.1. The third-order valence-corrected chi connectivity index (χ3v) is 3.12. The third kappa shape index (κ3) is 3.73. The number of hydrogen-bond donors (Lipinski definition) is 1. The van der Waals surface area contributed by atoms with Gasteiger partial charge in [-0.05, 0) is 17.7 Å². The van der Waals surface area contributed by atoms with Crippen molar-refractivity contribution < 1.29 is 24.0 Å². The van der Waals surface area contributed by atoms with Crippen molar-refractivity contribution in [1.82, 2.24) is 5.32 Å². The molecule has 0 radical (unpaired) electrons. The number of rotatable bonds is 5. The second kappa shape index (κ2) is 6.73. The van der Waals surface area contributed by atoms with Crippen molar-refractivity contribution in [3.05, 3.63) is 63.5 Å². The van der Waals surface area contributed by atoms with Gasteiger partial charge < -0.3 is 15.2 Å². The number of nitro groups is 1. The highest BCUT2D eigenvalue weighted by molar-refractivity contribution is 5.94. The van der Waals surface area contributed by atoms with Crippen LogP contribution < -0.4 is 15.2 Å². The van der Waals surface area contributed by atoms with Crippen LogP contribution in [0.15, 0.2) is 36.4 Å². The van der Waals surface area contributed by atoms with E-state index in [1.807, 2.05) is 0 Å². The molecule has 0 bridgehead atoms. The lowest BCUT2D eigenvalue weighted by Crippen LogP contribution is -2.24. The Morgan fingerprint density at radius 3 is 2.65 bits per heavy atom.